The largest absolute Gasteiger partial charge is 0.481 e. The van der Waals surface area contributed by atoms with Crippen molar-refractivity contribution < 1.29 is 19.4 Å². The lowest BCUT2D eigenvalue weighted by atomic mass is 10.0. The number of carbonyl (C=O) groups excluding carboxylic acids is 1. The van der Waals surface area contributed by atoms with Crippen LogP contribution in [0.4, 0.5) is 5.69 Å². The highest BCUT2D eigenvalue weighted by atomic mass is 16.5. The molecule has 1 aliphatic rings. The number of anilines is 1. The van der Waals surface area contributed by atoms with Gasteiger partial charge in [-0.05, 0) is 32.4 Å². The van der Waals surface area contributed by atoms with Crippen molar-refractivity contribution in [1.82, 2.24) is 0 Å². The molecule has 20 heavy (non-hydrogen) atoms. The molecule has 0 aromatic heterocycles. The minimum atomic E-state index is -0.913. The maximum atomic E-state index is 12.2. The average Bonchev–Trinajstić information content (AvgIpc) is 2.75. The molecule has 0 aliphatic carbocycles. The van der Waals surface area contributed by atoms with E-state index in [0.717, 1.165) is 0 Å². The summed E-state index contributed by atoms with van der Waals surface area (Å²) in [7, 11) is 0. The van der Waals surface area contributed by atoms with E-state index in [-0.39, 0.29) is 19.1 Å². The van der Waals surface area contributed by atoms with Gasteiger partial charge in [0, 0.05) is 12.2 Å². The Morgan fingerprint density at radius 3 is 2.60 bits per heavy atom. The monoisotopic (exact) mass is 277 g/mol. The predicted octanol–water partition coefficient (Wildman–Crippen LogP) is 2.02. The van der Waals surface area contributed by atoms with Gasteiger partial charge in [-0.2, -0.15) is 0 Å². The highest BCUT2D eigenvalue weighted by Gasteiger charge is 2.36. The summed E-state index contributed by atoms with van der Waals surface area (Å²) >= 11 is 0. The highest BCUT2D eigenvalue weighted by molar-refractivity contribution is 5.99. The number of amides is 1. The molecular formula is C15H19NO4. The topological polar surface area (TPSA) is 66.8 Å². The van der Waals surface area contributed by atoms with Gasteiger partial charge in [0.25, 0.3) is 5.91 Å². The van der Waals surface area contributed by atoms with E-state index >= 15 is 0 Å². The van der Waals surface area contributed by atoms with Crippen LogP contribution in [-0.4, -0.2) is 35.7 Å². The van der Waals surface area contributed by atoms with Gasteiger partial charge in [-0.3, -0.25) is 9.59 Å². The van der Waals surface area contributed by atoms with Crippen LogP contribution in [0.25, 0.3) is 0 Å². The molecule has 1 N–H and O–H groups in total. The van der Waals surface area contributed by atoms with Crippen LogP contribution in [0.5, 0.6) is 0 Å². The van der Waals surface area contributed by atoms with E-state index in [2.05, 4.69) is 0 Å². The minimum absolute atomic E-state index is 0.0514. The Labute approximate surface area is 118 Å². The van der Waals surface area contributed by atoms with Crippen LogP contribution in [-0.2, 0) is 14.3 Å². The number of carboxylic acids is 1. The second kappa shape index (κ2) is 5.25. The maximum absolute atomic E-state index is 12.2. The quantitative estimate of drug-likeness (QED) is 0.917. The lowest BCUT2D eigenvalue weighted by Crippen LogP contribution is -2.36. The zero-order valence-electron chi connectivity index (χ0n) is 11.9. The van der Waals surface area contributed by atoms with Crippen molar-refractivity contribution in [2.24, 2.45) is 0 Å². The maximum Gasteiger partial charge on any atom is 0.312 e. The van der Waals surface area contributed by atoms with Crippen LogP contribution in [0.2, 0.25) is 0 Å². The molecule has 0 saturated heterocycles. The van der Waals surface area contributed by atoms with Gasteiger partial charge in [0.05, 0.1) is 5.60 Å². The molecule has 1 aliphatic heterocycles. The molecule has 108 valence electrons. The van der Waals surface area contributed by atoms with Crippen molar-refractivity contribution in [3.05, 3.63) is 29.8 Å². The van der Waals surface area contributed by atoms with Crippen molar-refractivity contribution in [3.63, 3.8) is 0 Å². The molecular weight excluding hydrogens is 258 g/mol. The third-order valence-electron chi connectivity index (χ3n) is 3.20. The molecule has 2 rings (SSSR count). The Morgan fingerprint density at radius 1 is 1.35 bits per heavy atom. The summed E-state index contributed by atoms with van der Waals surface area (Å²) in [6.07, 6.45) is 0. The minimum Gasteiger partial charge on any atom is -0.481 e. The van der Waals surface area contributed by atoms with Gasteiger partial charge >= 0.3 is 5.97 Å². The van der Waals surface area contributed by atoms with E-state index in [1.54, 1.807) is 24.3 Å². The van der Waals surface area contributed by atoms with E-state index in [1.165, 1.54) is 4.90 Å². The van der Waals surface area contributed by atoms with Crippen LogP contribution in [0, 0.1) is 0 Å². The van der Waals surface area contributed by atoms with Crippen molar-refractivity contribution in [1.29, 1.82) is 0 Å². The van der Waals surface area contributed by atoms with Crippen molar-refractivity contribution in [2.75, 3.05) is 18.1 Å². The van der Waals surface area contributed by atoms with Gasteiger partial charge in [0.2, 0.25) is 0 Å². The summed E-state index contributed by atoms with van der Waals surface area (Å²) in [5, 5.41) is 9.25. The molecule has 1 unspecified atom stereocenters. The van der Waals surface area contributed by atoms with Gasteiger partial charge in [-0.15, -0.1) is 0 Å². The molecule has 1 amide bonds. The molecule has 0 spiro atoms. The number of aliphatic carboxylic acids is 1. The van der Waals surface area contributed by atoms with E-state index in [9.17, 15) is 14.7 Å². The van der Waals surface area contributed by atoms with Crippen molar-refractivity contribution in [2.45, 2.75) is 32.3 Å². The second-order valence-electron chi connectivity index (χ2n) is 5.86. The van der Waals surface area contributed by atoms with Gasteiger partial charge in [0.15, 0.2) is 0 Å². The second-order valence-corrected chi connectivity index (χ2v) is 5.86. The lowest BCUT2D eigenvalue weighted by Gasteiger charge is -2.22. The molecule has 0 saturated carbocycles. The number of para-hydroxylation sites is 1. The number of rotatable bonds is 3. The first-order valence-electron chi connectivity index (χ1n) is 6.55. The van der Waals surface area contributed by atoms with Crippen LogP contribution < -0.4 is 4.90 Å². The Hall–Kier alpha value is -1.88. The highest BCUT2D eigenvalue weighted by Crippen LogP contribution is 2.36. The van der Waals surface area contributed by atoms with Gasteiger partial charge in [-0.25, -0.2) is 0 Å². The average molecular weight is 277 g/mol. The third kappa shape index (κ3) is 2.99. The van der Waals surface area contributed by atoms with Gasteiger partial charge < -0.3 is 14.7 Å². The summed E-state index contributed by atoms with van der Waals surface area (Å²) in [5.41, 5.74) is 0.952. The summed E-state index contributed by atoms with van der Waals surface area (Å²) in [6, 6.07) is 7.11. The fraction of sp³-hybridized carbons (Fsp3) is 0.467. The van der Waals surface area contributed by atoms with E-state index < -0.39 is 17.5 Å². The Bertz CT molecular complexity index is 533. The molecule has 5 heteroatoms. The van der Waals surface area contributed by atoms with E-state index in [0.29, 0.717) is 11.3 Å². The first-order chi connectivity index (χ1) is 9.29. The standard InChI is InChI=1S/C15H19NO4/c1-15(2,3)20-9-13(17)16-8-11(14(18)19)10-6-4-5-7-12(10)16/h4-7,11H,8-9H2,1-3H3,(H,18,19). The number of fused-ring (bicyclic) bond motifs is 1. The molecule has 1 aromatic carbocycles. The Balaban J connectivity index is 2.18. The third-order valence-corrected chi connectivity index (χ3v) is 3.20. The number of ether oxygens (including phenoxy) is 1. The smallest absolute Gasteiger partial charge is 0.312 e. The summed E-state index contributed by atoms with van der Waals surface area (Å²) < 4.78 is 5.48. The van der Waals surface area contributed by atoms with Crippen LogP contribution in [0.1, 0.15) is 32.3 Å². The Morgan fingerprint density at radius 2 is 2.00 bits per heavy atom. The van der Waals surface area contributed by atoms with E-state index in [1.807, 2.05) is 20.8 Å². The number of hydrogen-bond donors (Lipinski definition) is 1. The summed E-state index contributed by atoms with van der Waals surface area (Å²) in [6.45, 7) is 5.74. The van der Waals surface area contributed by atoms with Crippen molar-refractivity contribution in [3.8, 4) is 0 Å². The Kier molecular flexibility index (Phi) is 3.81. The molecule has 0 fully saturated rings. The molecule has 1 aromatic rings. The zero-order chi connectivity index (χ0) is 14.9. The molecule has 0 bridgehead atoms. The number of carbonyl (C=O) groups is 2. The zero-order valence-corrected chi connectivity index (χ0v) is 11.9. The molecule has 5 nitrogen and oxygen atoms in total. The molecule has 0 radical (unpaired) electrons. The number of nitrogens with zero attached hydrogens (tertiary/aromatic N) is 1. The number of hydrogen-bond acceptors (Lipinski definition) is 3. The predicted molar refractivity (Wildman–Crippen MR) is 74.9 cm³/mol. The normalized spacial score (nSPS) is 17.9. The lowest BCUT2D eigenvalue weighted by molar-refractivity contribution is -0.138. The van der Waals surface area contributed by atoms with Gasteiger partial charge in [-0.1, -0.05) is 18.2 Å². The number of benzene rings is 1. The number of carboxylic acid groups (broad SMARTS) is 1. The van der Waals surface area contributed by atoms with Crippen LogP contribution in [0.3, 0.4) is 0 Å². The molecule has 1 atom stereocenters. The van der Waals surface area contributed by atoms with Gasteiger partial charge in [0.1, 0.15) is 12.5 Å². The first-order valence-corrected chi connectivity index (χ1v) is 6.55. The SMILES string of the molecule is CC(C)(C)OCC(=O)N1CC(C(=O)O)c2ccccc21. The van der Waals surface area contributed by atoms with Crippen LogP contribution >= 0.6 is 0 Å². The van der Waals surface area contributed by atoms with Crippen LogP contribution in [0.15, 0.2) is 24.3 Å². The van der Waals surface area contributed by atoms with Crippen molar-refractivity contribution >= 4 is 17.6 Å². The molecule has 1 heterocycles. The summed E-state index contributed by atoms with van der Waals surface area (Å²) in [5.74, 6) is -1.79. The fourth-order valence-electron chi connectivity index (χ4n) is 2.21. The van der Waals surface area contributed by atoms with E-state index in [4.69, 9.17) is 4.74 Å². The first kappa shape index (κ1) is 14.5. The summed E-state index contributed by atoms with van der Waals surface area (Å²) in [4.78, 5) is 25.0. The fourth-order valence-corrected chi connectivity index (χ4v) is 2.21.